The summed E-state index contributed by atoms with van der Waals surface area (Å²) in [4.78, 5) is 11.8. The minimum Gasteiger partial charge on any atom is -0.462 e. The Morgan fingerprint density at radius 2 is 1.85 bits per heavy atom. The molecular formula is C14H17F3O3. The highest BCUT2D eigenvalue weighted by atomic mass is 19.4. The lowest BCUT2D eigenvalue weighted by Gasteiger charge is -2.31. The van der Waals surface area contributed by atoms with Crippen LogP contribution in [0.5, 0.6) is 0 Å². The number of carbonyl (C=O) groups excluding carboxylic acids is 1. The second-order valence-electron chi connectivity index (χ2n) is 4.49. The fraction of sp³-hybridized carbons (Fsp3) is 0.500. The van der Waals surface area contributed by atoms with Crippen LogP contribution in [0.2, 0.25) is 0 Å². The first kappa shape index (κ1) is 16.5. The van der Waals surface area contributed by atoms with E-state index >= 15 is 0 Å². The second kappa shape index (κ2) is 6.26. The fourth-order valence-electron chi connectivity index (χ4n) is 1.99. The van der Waals surface area contributed by atoms with Crippen molar-refractivity contribution in [3.8, 4) is 0 Å². The van der Waals surface area contributed by atoms with Crippen molar-refractivity contribution in [2.75, 3.05) is 13.7 Å². The maximum Gasteiger partial charge on any atom is 0.392 e. The average Bonchev–Trinajstić information content (AvgIpc) is 2.37. The Morgan fingerprint density at radius 3 is 2.35 bits per heavy atom. The summed E-state index contributed by atoms with van der Waals surface area (Å²) in [6, 6.07) is 6.01. The Bertz CT molecular complexity index is 471. The maximum absolute atomic E-state index is 12.7. The molecule has 1 rings (SSSR count). The summed E-state index contributed by atoms with van der Waals surface area (Å²) in [6.07, 6.45) is -5.60. The Morgan fingerprint density at radius 1 is 1.25 bits per heavy atom. The average molecular weight is 290 g/mol. The van der Waals surface area contributed by atoms with E-state index in [2.05, 4.69) is 0 Å². The molecule has 0 spiro atoms. The lowest BCUT2D eigenvalue weighted by Crippen LogP contribution is -2.33. The van der Waals surface area contributed by atoms with E-state index in [1.54, 1.807) is 19.1 Å². The van der Waals surface area contributed by atoms with Gasteiger partial charge in [-0.15, -0.1) is 0 Å². The molecular weight excluding hydrogens is 273 g/mol. The van der Waals surface area contributed by atoms with Crippen LogP contribution in [0.3, 0.4) is 0 Å². The third-order valence-electron chi connectivity index (χ3n) is 2.98. The molecule has 0 saturated carbocycles. The molecule has 20 heavy (non-hydrogen) atoms. The van der Waals surface area contributed by atoms with Crippen molar-refractivity contribution in [1.82, 2.24) is 0 Å². The number of ether oxygens (including phenoxy) is 2. The number of rotatable bonds is 5. The van der Waals surface area contributed by atoms with Crippen LogP contribution in [0.25, 0.3) is 0 Å². The predicted octanol–water partition coefficient (Wildman–Crippen LogP) is 3.68. The standard InChI is InChI=1S/C14H17F3O3/c1-4-20-12(18)10-7-5-6-8-11(10)13(2,19-3)9-14(15,16)17/h5-8H,4,9H2,1-3H3. The van der Waals surface area contributed by atoms with Crippen molar-refractivity contribution >= 4 is 5.97 Å². The molecule has 0 fully saturated rings. The van der Waals surface area contributed by atoms with E-state index in [-0.39, 0.29) is 17.7 Å². The van der Waals surface area contributed by atoms with Crippen LogP contribution in [0, 0.1) is 0 Å². The number of hydrogen-bond donors (Lipinski definition) is 0. The minimum absolute atomic E-state index is 0.0861. The summed E-state index contributed by atoms with van der Waals surface area (Å²) in [6.45, 7) is 3.08. The molecule has 0 aliphatic rings. The van der Waals surface area contributed by atoms with E-state index in [1.165, 1.54) is 26.2 Å². The normalized spacial score (nSPS) is 14.7. The van der Waals surface area contributed by atoms with E-state index in [4.69, 9.17) is 9.47 Å². The Kier molecular flexibility index (Phi) is 5.16. The Labute approximate surface area is 115 Å². The van der Waals surface area contributed by atoms with Crippen molar-refractivity contribution in [3.63, 3.8) is 0 Å². The molecule has 0 aliphatic heterocycles. The molecule has 0 bridgehead atoms. The molecule has 0 N–H and O–H groups in total. The Hall–Kier alpha value is -1.56. The van der Waals surface area contributed by atoms with Crippen LogP contribution >= 0.6 is 0 Å². The molecule has 0 amide bonds. The van der Waals surface area contributed by atoms with Gasteiger partial charge in [0.1, 0.15) is 0 Å². The third-order valence-corrected chi connectivity index (χ3v) is 2.98. The lowest BCUT2D eigenvalue weighted by atomic mass is 9.88. The maximum atomic E-state index is 12.7. The highest BCUT2D eigenvalue weighted by Gasteiger charge is 2.42. The van der Waals surface area contributed by atoms with Gasteiger partial charge < -0.3 is 9.47 Å². The highest BCUT2D eigenvalue weighted by Crippen LogP contribution is 2.38. The lowest BCUT2D eigenvalue weighted by molar-refractivity contribution is -0.181. The summed E-state index contributed by atoms with van der Waals surface area (Å²) in [5.74, 6) is -0.659. The molecule has 1 aromatic carbocycles. The molecule has 0 radical (unpaired) electrons. The van der Waals surface area contributed by atoms with Crippen LogP contribution < -0.4 is 0 Å². The summed E-state index contributed by atoms with van der Waals surface area (Å²) < 4.78 is 48.0. The van der Waals surface area contributed by atoms with Gasteiger partial charge in [-0.2, -0.15) is 13.2 Å². The van der Waals surface area contributed by atoms with E-state index in [0.717, 1.165) is 0 Å². The first-order chi connectivity index (χ1) is 9.23. The summed E-state index contributed by atoms with van der Waals surface area (Å²) in [5, 5.41) is 0. The van der Waals surface area contributed by atoms with Crippen LogP contribution in [0.1, 0.15) is 36.2 Å². The molecule has 0 saturated heterocycles. The van der Waals surface area contributed by atoms with E-state index in [9.17, 15) is 18.0 Å². The van der Waals surface area contributed by atoms with Gasteiger partial charge in [-0.05, 0) is 25.5 Å². The van der Waals surface area contributed by atoms with Crippen molar-refractivity contribution in [2.24, 2.45) is 0 Å². The van der Waals surface area contributed by atoms with Gasteiger partial charge in [0, 0.05) is 7.11 Å². The van der Waals surface area contributed by atoms with E-state index in [0.29, 0.717) is 0 Å². The predicted molar refractivity (Wildman–Crippen MR) is 67.4 cm³/mol. The number of esters is 1. The monoisotopic (exact) mass is 290 g/mol. The largest absolute Gasteiger partial charge is 0.462 e. The van der Waals surface area contributed by atoms with Crippen LogP contribution in [0.15, 0.2) is 24.3 Å². The van der Waals surface area contributed by atoms with Gasteiger partial charge in [0.2, 0.25) is 0 Å². The smallest absolute Gasteiger partial charge is 0.392 e. The molecule has 1 atom stereocenters. The van der Waals surface area contributed by atoms with Crippen molar-refractivity contribution < 1.29 is 27.4 Å². The molecule has 3 nitrogen and oxygen atoms in total. The zero-order valence-corrected chi connectivity index (χ0v) is 11.6. The fourth-order valence-corrected chi connectivity index (χ4v) is 1.99. The summed E-state index contributed by atoms with van der Waals surface area (Å²) in [7, 11) is 1.19. The molecule has 0 heterocycles. The molecule has 1 unspecified atom stereocenters. The molecule has 1 aromatic rings. The first-order valence-corrected chi connectivity index (χ1v) is 6.12. The first-order valence-electron chi connectivity index (χ1n) is 6.12. The number of hydrogen-bond acceptors (Lipinski definition) is 3. The van der Waals surface area contributed by atoms with Crippen molar-refractivity contribution in [1.29, 1.82) is 0 Å². The van der Waals surface area contributed by atoms with Gasteiger partial charge in [-0.3, -0.25) is 0 Å². The quantitative estimate of drug-likeness (QED) is 0.776. The van der Waals surface area contributed by atoms with E-state index < -0.39 is 24.2 Å². The number of alkyl halides is 3. The van der Waals surface area contributed by atoms with Gasteiger partial charge in [0.25, 0.3) is 0 Å². The molecule has 0 aliphatic carbocycles. The minimum atomic E-state index is -4.41. The van der Waals surface area contributed by atoms with E-state index in [1.807, 2.05) is 0 Å². The summed E-state index contributed by atoms with van der Waals surface area (Å²) in [5.41, 5.74) is -1.39. The van der Waals surface area contributed by atoms with Gasteiger partial charge in [-0.25, -0.2) is 4.79 Å². The number of methoxy groups -OCH3 is 1. The highest BCUT2D eigenvalue weighted by molar-refractivity contribution is 5.91. The van der Waals surface area contributed by atoms with Gasteiger partial charge >= 0.3 is 12.1 Å². The molecule has 6 heteroatoms. The molecule has 0 aromatic heterocycles. The molecule has 112 valence electrons. The second-order valence-corrected chi connectivity index (χ2v) is 4.49. The topological polar surface area (TPSA) is 35.5 Å². The Balaban J connectivity index is 3.25. The zero-order valence-electron chi connectivity index (χ0n) is 11.6. The zero-order chi connectivity index (χ0) is 15.4. The van der Waals surface area contributed by atoms with Crippen LogP contribution in [-0.2, 0) is 15.1 Å². The van der Waals surface area contributed by atoms with Crippen molar-refractivity contribution in [2.45, 2.75) is 32.0 Å². The van der Waals surface area contributed by atoms with Crippen LogP contribution in [-0.4, -0.2) is 25.9 Å². The van der Waals surface area contributed by atoms with Gasteiger partial charge in [-0.1, -0.05) is 18.2 Å². The van der Waals surface area contributed by atoms with Crippen LogP contribution in [0.4, 0.5) is 13.2 Å². The van der Waals surface area contributed by atoms with Gasteiger partial charge in [0.15, 0.2) is 0 Å². The van der Waals surface area contributed by atoms with Gasteiger partial charge in [0.05, 0.1) is 24.2 Å². The number of halogens is 3. The number of carbonyl (C=O) groups is 1. The number of benzene rings is 1. The summed E-state index contributed by atoms with van der Waals surface area (Å²) >= 11 is 0. The van der Waals surface area contributed by atoms with Crippen molar-refractivity contribution in [3.05, 3.63) is 35.4 Å². The third kappa shape index (κ3) is 3.96. The SMILES string of the molecule is CCOC(=O)c1ccccc1C(C)(CC(F)(F)F)OC.